The van der Waals surface area contributed by atoms with Crippen molar-refractivity contribution in [3.05, 3.63) is 59.1 Å². The molecule has 4 heterocycles. The van der Waals surface area contributed by atoms with Crippen molar-refractivity contribution in [2.24, 2.45) is 7.05 Å². The molecule has 2 aliphatic carbocycles. The van der Waals surface area contributed by atoms with Crippen molar-refractivity contribution in [3.63, 3.8) is 0 Å². The summed E-state index contributed by atoms with van der Waals surface area (Å²) in [5.41, 5.74) is 2.80. The summed E-state index contributed by atoms with van der Waals surface area (Å²) in [4.78, 5) is 30.8. The number of hydrogen-bond donors (Lipinski definition) is 0. The smallest absolute Gasteiger partial charge is 0.288 e. The Bertz CT molecular complexity index is 1620. The molecule has 1 amide bonds. The summed E-state index contributed by atoms with van der Waals surface area (Å²) < 4.78 is 31.1. The Labute approximate surface area is 234 Å². The topological polar surface area (TPSA) is 85.0 Å². The van der Waals surface area contributed by atoms with Gasteiger partial charge in [-0.05, 0) is 31.2 Å². The number of alkyl halides is 2. The van der Waals surface area contributed by atoms with Gasteiger partial charge in [0.2, 0.25) is 5.91 Å². The molecule has 0 spiro atoms. The van der Waals surface area contributed by atoms with Crippen molar-refractivity contribution in [2.45, 2.75) is 57.2 Å². The van der Waals surface area contributed by atoms with E-state index in [1.54, 1.807) is 24.0 Å². The van der Waals surface area contributed by atoms with Crippen LogP contribution in [-0.4, -0.2) is 47.8 Å². The van der Waals surface area contributed by atoms with Crippen molar-refractivity contribution in [3.8, 4) is 22.9 Å². The van der Waals surface area contributed by atoms with Crippen LogP contribution in [0.4, 0.5) is 20.3 Å². The third-order valence-electron chi connectivity index (χ3n) is 7.58. The average molecular weight is 565 g/mol. The SMILES string of the molecule is Cn1cc(C(C)(F)F)nc1-c1ccc(CN2CC(=O)N(C3CC3)c3cnc(-c4c(Cl)cnn4C4CC4)nc32)cc1. The van der Waals surface area contributed by atoms with E-state index >= 15 is 0 Å². The molecule has 0 radical (unpaired) electrons. The number of rotatable bonds is 7. The number of carbonyl (C=O) groups excluding carboxylic acids is 1. The highest BCUT2D eigenvalue weighted by molar-refractivity contribution is 6.32. The molecule has 3 aliphatic rings. The molecule has 0 N–H and O–H groups in total. The van der Waals surface area contributed by atoms with Crippen LogP contribution in [0.3, 0.4) is 0 Å². The Morgan fingerprint density at radius 3 is 2.42 bits per heavy atom. The number of hydrogen-bond acceptors (Lipinski definition) is 6. The van der Waals surface area contributed by atoms with Crippen LogP contribution in [0.25, 0.3) is 22.9 Å². The van der Waals surface area contributed by atoms with Crippen LogP contribution in [0.1, 0.15) is 49.9 Å². The van der Waals surface area contributed by atoms with Gasteiger partial charge in [-0.15, -0.1) is 0 Å². The van der Waals surface area contributed by atoms with E-state index in [2.05, 4.69) is 15.1 Å². The van der Waals surface area contributed by atoms with Crippen molar-refractivity contribution >= 4 is 29.0 Å². The Morgan fingerprint density at radius 2 is 1.77 bits per heavy atom. The molecule has 3 aromatic heterocycles. The van der Waals surface area contributed by atoms with Gasteiger partial charge in [-0.3, -0.25) is 9.48 Å². The van der Waals surface area contributed by atoms with Crippen molar-refractivity contribution in [1.29, 1.82) is 0 Å². The van der Waals surface area contributed by atoms with E-state index in [0.29, 0.717) is 46.5 Å². The first-order valence-electron chi connectivity index (χ1n) is 13.4. The molecule has 0 bridgehead atoms. The maximum absolute atomic E-state index is 13.8. The maximum Gasteiger partial charge on any atom is 0.288 e. The average Bonchev–Trinajstić information content (AvgIpc) is 3.85. The largest absolute Gasteiger partial charge is 0.341 e. The van der Waals surface area contributed by atoms with Gasteiger partial charge in [-0.2, -0.15) is 13.9 Å². The lowest BCUT2D eigenvalue weighted by Gasteiger charge is -2.36. The molecule has 0 unspecified atom stereocenters. The van der Waals surface area contributed by atoms with Crippen LogP contribution in [0.15, 0.2) is 42.9 Å². The molecular weight excluding hydrogens is 538 g/mol. The Balaban J connectivity index is 1.21. The molecule has 7 rings (SSSR count). The third-order valence-corrected chi connectivity index (χ3v) is 7.86. The number of imidazole rings is 1. The van der Waals surface area contributed by atoms with Gasteiger partial charge in [0.05, 0.1) is 30.0 Å². The number of amides is 1. The zero-order chi connectivity index (χ0) is 27.8. The molecule has 0 atom stereocenters. The molecular formula is C28H27ClF2N8O. The van der Waals surface area contributed by atoms with Gasteiger partial charge in [0.1, 0.15) is 22.9 Å². The second kappa shape index (κ2) is 9.09. The number of aromatic nitrogens is 6. The molecule has 40 heavy (non-hydrogen) atoms. The molecule has 0 saturated heterocycles. The van der Waals surface area contributed by atoms with Crippen LogP contribution < -0.4 is 9.80 Å². The monoisotopic (exact) mass is 564 g/mol. The number of anilines is 2. The molecule has 1 aliphatic heterocycles. The fourth-order valence-corrected chi connectivity index (χ4v) is 5.48. The minimum Gasteiger partial charge on any atom is -0.341 e. The number of carbonyl (C=O) groups is 1. The Hall–Kier alpha value is -3.86. The lowest BCUT2D eigenvalue weighted by molar-refractivity contribution is -0.117. The highest BCUT2D eigenvalue weighted by atomic mass is 35.5. The Morgan fingerprint density at radius 1 is 1.05 bits per heavy atom. The quantitative estimate of drug-likeness (QED) is 0.301. The van der Waals surface area contributed by atoms with E-state index in [4.69, 9.17) is 16.6 Å². The molecule has 1 aromatic carbocycles. The summed E-state index contributed by atoms with van der Waals surface area (Å²) in [6.45, 7) is 1.46. The van der Waals surface area contributed by atoms with Gasteiger partial charge in [-0.25, -0.2) is 15.0 Å². The minimum atomic E-state index is -3.01. The second-order valence-electron chi connectivity index (χ2n) is 10.9. The van der Waals surface area contributed by atoms with Gasteiger partial charge in [0, 0.05) is 38.3 Å². The normalized spacial score (nSPS) is 17.5. The summed E-state index contributed by atoms with van der Waals surface area (Å²) in [5.74, 6) is -1.37. The van der Waals surface area contributed by atoms with E-state index in [1.807, 2.05) is 38.7 Å². The molecule has 2 fully saturated rings. The molecule has 2 saturated carbocycles. The summed E-state index contributed by atoms with van der Waals surface area (Å²) in [7, 11) is 1.70. The number of aryl methyl sites for hydroxylation is 1. The number of nitrogens with zero attached hydrogens (tertiary/aromatic N) is 8. The molecule has 9 nitrogen and oxygen atoms in total. The van der Waals surface area contributed by atoms with Crippen LogP contribution in [0.5, 0.6) is 0 Å². The molecule has 4 aromatic rings. The number of benzene rings is 1. The summed E-state index contributed by atoms with van der Waals surface area (Å²) in [5, 5.41) is 4.95. The first kappa shape index (κ1) is 25.1. The van der Waals surface area contributed by atoms with Crippen molar-refractivity contribution < 1.29 is 13.6 Å². The van der Waals surface area contributed by atoms with Crippen molar-refractivity contribution in [2.75, 3.05) is 16.3 Å². The predicted molar refractivity (Wildman–Crippen MR) is 146 cm³/mol. The number of fused-ring (bicyclic) bond motifs is 1. The molecule has 206 valence electrons. The van der Waals surface area contributed by atoms with Crippen LogP contribution in [0.2, 0.25) is 5.02 Å². The van der Waals surface area contributed by atoms with E-state index < -0.39 is 5.92 Å². The van der Waals surface area contributed by atoms with Crippen LogP contribution in [-0.2, 0) is 24.3 Å². The first-order valence-corrected chi connectivity index (χ1v) is 13.7. The van der Waals surface area contributed by atoms with Gasteiger partial charge < -0.3 is 14.4 Å². The van der Waals surface area contributed by atoms with Crippen LogP contribution >= 0.6 is 11.6 Å². The third kappa shape index (κ3) is 4.42. The summed E-state index contributed by atoms with van der Waals surface area (Å²) in [6.07, 6.45) is 8.73. The molecule has 12 heteroatoms. The van der Waals surface area contributed by atoms with Crippen molar-refractivity contribution in [1.82, 2.24) is 29.3 Å². The zero-order valence-corrected chi connectivity index (χ0v) is 22.8. The lowest BCUT2D eigenvalue weighted by atomic mass is 10.1. The maximum atomic E-state index is 13.8. The van der Waals surface area contributed by atoms with Gasteiger partial charge >= 0.3 is 0 Å². The van der Waals surface area contributed by atoms with E-state index in [1.165, 1.54) is 6.20 Å². The van der Waals surface area contributed by atoms with E-state index in [0.717, 1.165) is 43.7 Å². The Kier molecular flexibility index (Phi) is 5.71. The zero-order valence-electron chi connectivity index (χ0n) is 22.1. The standard InChI is InChI=1S/C28H27ClF2N8O/c1-28(30,31)22-14-36(2)26(34-22)17-5-3-16(4-6-17)13-37-15-23(40)38(18-7-8-18)21-12-32-25(35-27(21)37)24-20(29)11-33-39(24)19-9-10-19/h3-6,11-12,14,18-19H,7-10,13,15H2,1-2H3. The highest BCUT2D eigenvalue weighted by Crippen LogP contribution is 2.43. The predicted octanol–water partition coefficient (Wildman–Crippen LogP) is 5.36. The highest BCUT2D eigenvalue weighted by Gasteiger charge is 2.41. The van der Waals surface area contributed by atoms with Crippen LogP contribution in [0, 0.1) is 0 Å². The minimum absolute atomic E-state index is 0.0186. The van der Waals surface area contributed by atoms with Gasteiger partial charge in [0.15, 0.2) is 11.6 Å². The van der Waals surface area contributed by atoms with E-state index in [9.17, 15) is 13.6 Å². The summed E-state index contributed by atoms with van der Waals surface area (Å²) >= 11 is 6.53. The number of halogens is 3. The summed E-state index contributed by atoms with van der Waals surface area (Å²) in [6, 6.07) is 8.05. The lowest BCUT2D eigenvalue weighted by Crippen LogP contribution is -2.47. The second-order valence-corrected chi connectivity index (χ2v) is 11.3. The first-order chi connectivity index (χ1) is 19.2. The fourth-order valence-electron chi connectivity index (χ4n) is 5.27. The van der Waals surface area contributed by atoms with E-state index in [-0.39, 0.29) is 24.2 Å². The van der Waals surface area contributed by atoms with Gasteiger partial charge in [0.25, 0.3) is 5.92 Å². The fraction of sp³-hybridized carbons (Fsp3) is 0.393. The van der Waals surface area contributed by atoms with Gasteiger partial charge in [-0.1, -0.05) is 35.9 Å².